The number of hydrogen-bond acceptors (Lipinski definition) is 11. The molecule has 0 bridgehead atoms. The number of aryl methyl sites for hydroxylation is 2. The maximum atomic E-state index is 14.0. The van der Waals surface area contributed by atoms with Gasteiger partial charge in [-0.05, 0) is 119 Å². The van der Waals surface area contributed by atoms with E-state index in [1.54, 1.807) is 37.5 Å². The Morgan fingerprint density at radius 1 is 0.667 bits per heavy atom. The zero-order chi connectivity index (χ0) is 60.1. The number of benzene rings is 2. The quantitative estimate of drug-likeness (QED) is 0.175. The number of fused-ring (bicyclic) bond motifs is 4. The number of ketones is 2. The van der Waals surface area contributed by atoms with Crippen LogP contribution >= 0.6 is 0 Å². The summed E-state index contributed by atoms with van der Waals surface area (Å²) in [6, 6.07) is 10.8. The molecular formula is C60H82F3N7O11. The number of ether oxygens (including phenoxy) is 1. The van der Waals surface area contributed by atoms with E-state index in [1.807, 2.05) is 65.0 Å². The smallest absolute Gasteiger partial charge is 0.444 e. The van der Waals surface area contributed by atoms with Gasteiger partial charge in [0.2, 0.25) is 41.7 Å². The van der Waals surface area contributed by atoms with Crippen LogP contribution in [0.2, 0.25) is 0 Å². The van der Waals surface area contributed by atoms with Gasteiger partial charge in [0.05, 0.1) is 12.1 Å². The lowest BCUT2D eigenvalue weighted by Gasteiger charge is -2.36. The summed E-state index contributed by atoms with van der Waals surface area (Å²) < 4.78 is 36.6. The average molecular weight is 1130 g/mol. The number of nitrogens with one attached hydrogen (secondary N) is 4. The highest BCUT2D eigenvalue weighted by Crippen LogP contribution is 2.46. The predicted octanol–water partition coefficient (Wildman–Crippen LogP) is 7.10. The van der Waals surface area contributed by atoms with Gasteiger partial charge in [0.1, 0.15) is 47.4 Å². The summed E-state index contributed by atoms with van der Waals surface area (Å²) in [6.45, 7) is 18.3. The lowest BCUT2D eigenvalue weighted by atomic mass is 9.81. The number of halogens is 3. The Bertz CT molecular complexity index is 2720. The van der Waals surface area contributed by atoms with Crippen molar-refractivity contribution in [1.82, 2.24) is 36.0 Å². The molecule has 2 aromatic carbocycles. The van der Waals surface area contributed by atoms with Crippen LogP contribution in [0.25, 0.3) is 0 Å². The molecule has 2 unspecified atom stereocenters. The van der Waals surface area contributed by atoms with Crippen molar-refractivity contribution in [3.63, 3.8) is 0 Å². The summed E-state index contributed by atoms with van der Waals surface area (Å²) in [6.07, 6.45) is 1.13. The molecule has 2 aliphatic carbocycles. The van der Waals surface area contributed by atoms with Crippen molar-refractivity contribution in [3.05, 3.63) is 70.8 Å². The van der Waals surface area contributed by atoms with Crippen LogP contribution in [0.15, 0.2) is 48.5 Å². The van der Waals surface area contributed by atoms with Gasteiger partial charge in [0.25, 0.3) is 0 Å². The van der Waals surface area contributed by atoms with Crippen molar-refractivity contribution in [2.75, 3.05) is 7.05 Å². The second-order valence-corrected chi connectivity index (χ2v) is 25.0. The van der Waals surface area contributed by atoms with Crippen molar-refractivity contribution in [3.8, 4) is 0 Å². The van der Waals surface area contributed by atoms with Crippen molar-refractivity contribution < 1.29 is 65.9 Å². The number of carbonyl (C=O) groups excluding carboxylic acids is 10. The van der Waals surface area contributed by atoms with Gasteiger partial charge in [-0.3, -0.25) is 48.1 Å². The Morgan fingerprint density at radius 2 is 1.06 bits per heavy atom. The second-order valence-electron chi connectivity index (χ2n) is 25.0. The third-order valence-electron chi connectivity index (χ3n) is 16.6. The predicted molar refractivity (Wildman–Crippen MR) is 294 cm³/mol. The average Bonchev–Trinajstić information content (AvgIpc) is 3.98. The van der Waals surface area contributed by atoms with Gasteiger partial charge in [0.15, 0.2) is 0 Å². The first-order valence-electron chi connectivity index (χ1n) is 28.3. The second kappa shape index (κ2) is 25.6. The molecule has 4 fully saturated rings. The molecule has 10 atom stereocenters. The number of Topliss-reactive ketones (excluding diaryl/α,β-unsaturated/α-hetero) is 2. The summed E-state index contributed by atoms with van der Waals surface area (Å²) in [5.41, 5.74) is 2.92. The first kappa shape index (κ1) is 63.5. The van der Waals surface area contributed by atoms with Crippen molar-refractivity contribution in [2.24, 2.45) is 16.7 Å². The molecule has 6 aliphatic rings. The van der Waals surface area contributed by atoms with Gasteiger partial charge in [-0.1, -0.05) is 90.1 Å². The third kappa shape index (κ3) is 15.5. The SMILES string of the molecule is CC[C@@H](C)C(=O)N[C@H]1CC(=O)C[C@H]2CC(C)(C)C(C(=O)N[C@@H]3CCCc4ccccc43)N2C1=O.C[C@@H](C(=O)N[C@H]1CC(=O)C[C@H]2CC(C)(C)C(C(=O)N[C@@H]3CCCc4ccccc43)N2C1=O)N(C)C(=O)OC(C)(C)C.O=CC(F)(F)F. The minimum atomic E-state index is -4.64. The van der Waals surface area contributed by atoms with Gasteiger partial charge in [0, 0.05) is 50.7 Å². The molecule has 4 N–H and O–H groups in total. The van der Waals surface area contributed by atoms with Crippen LogP contribution in [-0.4, -0.2) is 135 Å². The molecule has 0 spiro atoms. The number of likely N-dealkylation sites (N-methyl/N-ethyl adjacent to an activating group) is 1. The summed E-state index contributed by atoms with van der Waals surface area (Å²) in [4.78, 5) is 132. The number of hydrogen-bond donors (Lipinski definition) is 4. The van der Waals surface area contributed by atoms with E-state index >= 15 is 0 Å². The Hall–Kier alpha value is -6.67. The van der Waals surface area contributed by atoms with Crippen LogP contribution < -0.4 is 21.3 Å². The summed E-state index contributed by atoms with van der Waals surface area (Å²) in [5, 5.41) is 12.0. The fourth-order valence-corrected chi connectivity index (χ4v) is 12.4. The van der Waals surface area contributed by atoms with Gasteiger partial charge < -0.3 is 35.8 Å². The molecule has 4 saturated heterocycles. The molecule has 2 aromatic rings. The fraction of sp³-hybridized carbons (Fsp3) is 0.633. The first-order valence-corrected chi connectivity index (χ1v) is 28.3. The highest BCUT2D eigenvalue weighted by molar-refractivity contribution is 6.00. The van der Waals surface area contributed by atoms with Crippen LogP contribution in [-0.2, 0) is 60.7 Å². The summed E-state index contributed by atoms with van der Waals surface area (Å²) >= 11 is 0. The van der Waals surface area contributed by atoms with Crippen LogP contribution in [0.5, 0.6) is 0 Å². The van der Waals surface area contributed by atoms with Crippen molar-refractivity contribution in [2.45, 2.75) is 219 Å². The molecule has 444 valence electrons. The van der Waals surface area contributed by atoms with Crippen LogP contribution in [0, 0.1) is 16.7 Å². The molecular weight excluding hydrogens is 1050 g/mol. The van der Waals surface area contributed by atoms with Crippen LogP contribution in [0.3, 0.4) is 0 Å². The maximum Gasteiger partial charge on any atom is 0.446 e. The molecule has 0 radical (unpaired) electrons. The Labute approximate surface area is 473 Å². The van der Waals surface area contributed by atoms with E-state index in [9.17, 15) is 56.3 Å². The van der Waals surface area contributed by atoms with E-state index in [4.69, 9.17) is 9.53 Å². The van der Waals surface area contributed by atoms with E-state index < -0.39 is 83.1 Å². The number of rotatable bonds is 10. The molecule has 4 aliphatic heterocycles. The number of carbonyl (C=O) groups is 10. The monoisotopic (exact) mass is 1130 g/mol. The van der Waals surface area contributed by atoms with E-state index in [2.05, 4.69) is 39.5 Å². The molecule has 21 heteroatoms. The van der Waals surface area contributed by atoms with E-state index in [1.165, 1.54) is 25.1 Å². The van der Waals surface area contributed by atoms with E-state index in [0.717, 1.165) is 54.6 Å². The maximum absolute atomic E-state index is 14.0. The van der Waals surface area contributed by atoms with Gasteiger partial charge in [-0.25, -0.2) is 4.79 Å². The van der Waals surface area contributed by atoms with E-state index in [0.29, 0.717) is 19.3 Å². The largest absolute Gasteiger partial charge is 0.446 e. The lowest BCUT2D eigenvalue weighted by molar-refractivity contribution is -0.156. The fourth-order valence-electron chi connectivity index (χ4n) is 12.4. The number of amides is 7. The number of nitrogens with zero attached hydrogens (tertiary/aromatic N) is 3. The highest BCUT2D eigenvalue weighted by Gasteiger charge is 2.57. The van der Waals surface area contributed by atoms with Crippen molar-refractivity contribution >= 4 is 59.4 Å². The number of alkyl halides is 3. The Balaban J connectivity index is 0.000000240. The molecule has 4 heterocycles. The highest BCUT2D eigenvalue weighted by atomic mass is 19.4. The van der Waals surface area contributed by atoms with Crippen LogP contribution in [0.4, 0.5) is 18.0 Å². The summed E-state index contributed by atoms with van der Waals surface area (Å²) in [7, 11) is 1.45. The molecule has 81 heavy (non-hydrogen) atoms. The molecule has 0 saturated carbocycles. The third-order valence-corrected chi connectivity index (χ3v) is 16.6. The van der Waals surface area contributed by atoms with Crippen LogP contribution in [0.1, 0.15) is 174 Å². The minimum Gasteiger partial charge on any atom is -0.444 e. The van der Waals surface area contributed by atoms with E-state index in [-0.39, 0.29) is 84.9 Å². The standard InChI is InChI=1S/C31H44N4O6.C27H37N3O4.C2HF3O/c1-18(34(7)29(40)41-30(2,3)4)26(37)33-24-16-21(36)15-20-17-31(5,6)25(35(20)28(24)39)27(38)32-23-14-10-12-19-11-8-9-13-22(19)23;1-5-16(2)24(32)29-22-14-19(31)13-18-15-27(3,4)23(30(18)26(22)34)25(33)28-21-12-8-10-17-9-6-7-11-20(17)21;3-2(4,5)1-6/h8-9,11,13,18,20,23-25H,10,12,14-17H2,1-7H3,(H,32,38)(H,33,37);6-7,9,11,16,18,21-23H,5,8,10,12-15H2,1-4H3,(H,28,33)(H,29,32);1H/t18-,20-,23+,24-,25?;16-,18+,21-,22+,23?;/m01./s1. The number of aldehydes is 1. The van der Waals surface area contributed by atoms with Gasteiger partial charge in [-0.15, -0.1) is 0 Å². The molecule has 0 aromatic heterocycles. The first-order chi connectivity index (χ1) is 37.8. The Kier molecular flexibility index (Phi) is 20.1. The zero-order valence-corrected chi connectivity index (χ0v) is 48.6. The molecule has 8 rings (SSSR count). The van der Waals surface area contributed by atoms with Gasteiger partial charge in [-0.2, -0.15) is 13.2 Å². The molecule has 7 amide bonds. The normalized spacial score (nSPS) is 26.3. The summed E-state index contributed by atoms with van der Waals surface area (Å²) in [5.74, 6) is -2.45. The zero-order valence-electron chi connectivity index (χ0n) is 48.6. The lowest BCUT2D eigenvalue weighted by Crippen LogP contribution is -2.58. The topological polar surface area (TPSA) is 238 Å². The molecule has 18 nitrogen and oxygen atoms in total. The minimum absolute atomic E-state index is 0.0151. The van der Waals surface area contributed by atoms with Gasteiger partial charge >= 0.3 is 12.3 Å². The van der Waals surface area contributed by atoms with Crippen molar-refractivity contribution in [1.29, 1.82) is 0 Å². The Morgan fingerprint density at radius 3 is 1.44 bits per heavy atom.